The van der Waals surface area contributed by atoms with Gasteiger partial charge in [0.15, 0.2) is 5.96 Å². The van der Waals surface area contributed by atoms with Gasteiger partial charge in [-0.3, -0.25) is 14.6 Å². The molecule has 1 aromatic heterocycles. The van der Waals surface area contributed by atoms with Crippen LogP contribution in [0, 0.1) is 19.8 Å². The molecule has 2 heterocycles. The molecule has 0 amide bonds. The first-order chi connectivity index (χ1) is 14.0. The molecule has 0 radical (unpaired) electrons. The lowest BCUT2D eigenvalue weighted by atomic mass is 10.1. The minimum absolute atomic E-state index is 0.455. The minimum atomic E-state index is 0.455. The lowest BCUT2D eigenvalue weighted by Crippen LogP contribution is -2.39. The van der Waals surface area contributed by atoms with Crippen molar-refractivity contribution in [2.75, 3.05) is 26.7 Å². The van der Waals surface area contributed by atoms with Gasteiger partial charge in [-0.1, -0.05) is 31.2 Å². The molecule has 2 aromatic rings. The number of hydrogen-bond donors (Lipinski definition) is 2. The number of rotatable bonds is 8. The third-order valence-electron chi connectivity index (χ3n) is 5.52. The molecule has 0 aliphatic carbocycles. The molecule has 1 aliphatic heterocycles. The third kappa shape index (κ3) is 6.60. The second-order valence-electron chi connectivity index (χ2n) is 8.32. The van der Waals surface area contributed by atoms with E-state index in [2.05, 4.69) is 74.5 Å². The molecular formula is C23H36N6. The molecular weight excluding hydrogens is 360 g/mol. The van der Waals surface area contributed by atoms with Crippen molar-refractivity contribution in [3.63, 3.8) is 0 Å². The zero-order valence-corrected chi connectivity index (χ0v) is 18.4. The van der Waals surface area contributed by atoms with Crippen LogP contribution in [-0.2, 0) is 19.6 Å². The molecule has 0 bridgehead atoms. The quantitative estimate of drug-likeness (QED) is 0.532. The average Bonchev–Trinajstić information content (AvgIpc) is 3.32. The Kier molecular flexibility index (Phi) is 7.69. The van der Waals surface area contributed by atoms with Gasteiger partial charge in [0.1, 0.15) is 0 Å². The Hall–Kier alpha value is -2.34. The summed E-state index contributed by atoms with van der Waals surface area (Å²) in [5, 5.41) is 11.4. The number of guanidine groups is 1. The van der Waals surface area contributed by atoms with Crippen molar-refractivity contribution >= 4 is 5.96 Å². The van der Waals surface area contributed by atoms with Gasteiger partial charge < -0.3 is 10.6 Å². The fourth-order valence-electron chi connectivity index (χ4n) is 3.86. The predicted molar refractivity (Wildman–Crippen MR) is 120 cm³/mol. The van der Waals surface area contributed by atoms with E-state index in [1.807, 2.05) is 14.0 Å². The zero-order chi connectivity index (χ0) is 20.6. The van der Waals surface area contributed by atoms with Gasteiger partial charge in [0, 0.05) is 38.9 Å². The van der Waals surface area contributed by atoms with Gasteiger partial charge in [-0.15, -0.1) is 0 Å². The van der Waals surface area contributed by atoms with Crippen molar-refractivity contribution in [1.82, 2.24) is 25.3 Å². The van der Waals surface area contributed by atoms with Crippen LogP contribution in [0.1, 0.15) is 42.3 Å². The molecule has 29 heavy (non-hydrogen) atoms. The Morgan fingerprint density at radius 1 is 1.10 bits per heavy atom. The Bertz CT molecular complexity index is 786. The van der Waals surface area contributed by atoms with E-state index in [1.54, 1.807) is 0 Å². The standard InChI is InChI=1S/C23H36N6/c1-18(16-29-20(3)13-19(2)27-29)14-25-23(24-4)26-15-21-7-9-22(10-8-21)17-28-11-5-6-12-28/h7-10,13,18H,5-6,11-12,14-17H2,1-4H3,(H2,24,25,26). The van der Waals surface area contributed by atoms with Crippen molar-refractivity contribution in [2.24, 2.45) is 10.9 Å². The second kappa shape index (κ2) is 10.4. The largest absolute Gasteiger partial charge is 0.356 e. The number of nitrogens with one attached hydrogen (secondary N) is 2. The summed E-state index contributed by atoms with van der Waals surface area (Å²) in [5.74, 6) is 1.29. The van der Waals surface area contributed by atoms with Gasteiger partial charge in [-0.05, 0) is 62.9 Å². The average molecular weight is 397 g/mol. The first-order valence-corrected chi connectivity index (χ1v) is 10.8. The number of nitrogens with zero attached hydrogens (tertiary/aromatic N) is 4. The summed E-state index contributed by atoms with van der Waals surface area (Å²) in [6, 6.07) is 11.1. The molecule has 158 valence electrons. The summed E-state index contributed by atoms with van der Waals surface area (Å²) in [4.78, 5) is 6.89. The molecule has 6 heteroatoms. The lowest BCUT2D eigenvalue weighted by molar-refractivity contribution is 0.331. The molecule has 2 N–H and O–H groups in total. The smallest absolute Gasteiger partial charge is 0.191 e. The molecule has 3 rings (SSSR count). The van der Waals surface area contributed by atoms with Crippen molar-refractivity contribution < 1.29 is 0 Å². The third-order valence-corrected chi connectivity index (χ3v) is 5.52. The summed E-state index contributed by atoms with van der Waals surface area (Å²) < 4.78 is 2.08. The molecule has 1 fully saturated rings. The van der Waals surface area contributed by atoms with Crippen LogP contribution in [0.4, 0.5) is 0 Å². The topological polar surface area (TPSA) is 57.5 Å². The van der Waals surface area contributed by atoms with E-state index in [4.69, 9.17) is 0 Å². The lowest BCUT2D eigenvalue weighted by Gasteiger charge is -2.17. The van der Waals surface area contributed by atoms with E-state index < -0.39 is 0 Å². The number of benzene rings is 1. The normalized spacial score (nSPS) is 16.2. The molecule has 0 saturated carbocycles. The molecule has 1 aromatic carbocycles. The SMILES string of the molecule is CN=C(NCc1ccc(CN2CCCC2)cc1)NCC(C)Cn1nc(C)cc1C. The van der Waals surface area contributed by atoms with Crippen molar-refractivity contribution in [1.29, 1.82) is 0 Å². The predicted octanol–water partition coefficient (Wildman–Crippen LogP) is 3.10. The zero-order valence-electron chi connectivity index (χ0n) is 18.4. The first-order valence-electron chi connectivity index (χ1n) is 10.8. The highest BCUT2D eigenvalue weighted by Crippen LogP contribution is 2.13. The van der Waals surface area contributed by atoms with Crippen molar-refractivity contribution in [3.8, 4) is 0 Å². The fraction of sp³-hybridized carbons (Fsp3) is 0.565. The van der Waals surface area contributed by atoms with Crippen LogP contribution in [0.3, 0.4) is 0 Å². The summed E-state index contributed by atoms with van der Waals surface area (Å²) in [6.07, 6.45) is 2.68. The maximum Gasteiger partial charge on any atom is 0.191 e. The van der Waals surface area contributed by atoms with Crippen LogP contribution >= 0.6 is 0 Å². The maximum atomic E-state index is 4.55. The Balaban J connectivity index is 1.41. The van der Waals surface area contributed by atoms with Crippen LogP contribution in [0.25, 0.3) is 0 Å². The van der Waals surface area contributed by atoms with Crippen molar-refractivity contribution in [3.05, 3.63) is 52.8 Å². The molecule has 1 aliphatic rings. The van der Waals surface area contributed by atoms with E-state index in [1.165, 1.54) is 42.8 Å². The Morgan fingerprint density at radius 3 is 2.41 bits per heavy atom. The maximum absolute atomic E-state index is 4.55. The summed E-state index contributed by atoms with van der Waals surface area (Å²) in [7, 11) is 1.82. The van der Waals surface area contributed by atoms with Crippen LogP contribution in [0.5, 0.6) is 0 Å². The second-order valence-corrected chi connectivity index (χ2v) is 8.32. The van der Waals surface area contributed by atoms with Crippen LogP contribution in [0.15, 0.2) is 35.3 Å². The van der Waals surface area contributed by atoms with Crippen LogP contribution < -0.4 is 10.6 Å². The Labute approximate surface area is 175 Å². The molecule has 6 nitrogen and oxygen atoms in total. The van der Waals surface area contributed by atoms with Gasteiger partial charge in [-0.25, -0.2) is 0 Å². The number of aryl methyl sites for hydroxylation is 2. The Morgan fingerprint density at radius 2 is 1.79 bits per heavy atom. The van der Waals surface area contributed by atoms with Gasteiger partial charge in [0.2, 0.25) is 0 Å². The highest BCUT2D eigenvalue weighted by Gasteiger charge is 2.11. The van der Waals surface area contributed by atoms with Crippen LogP contribution in [-0.4, -0.2) is 47.3 Å². The summed E-state index contributed by atoms with van der Waals surface area (Å²) in [6.45, 7) is 12.5. The summed E-state index contributed by atoms with van der Waals surface area (Å²) >= 11 is 0. The van der Waals surface area contributed by atoms with E-state index in [0.29, 0.717) is 5.92 Å². The fourth-order valence-corrected chi connectivity index (χ4v) is 3.86. The van der Waals surface area contributed by atoms with Gasteiger partial charge in [0.25, 0.3) is 0 Å². The molecule has 1 atom stereocenters. The van der Waals surface area contributed by atoms with E-state index in [9.17, 15) is 0 Å². The molecule has 1 saturated heterocycles. The number of likely N-dealkylation sites (tertiary alicyclic amines) is 1. The number of aromatic nitrogens is 2. The highest BCUT2D eigenvalue weighted by atomic mass is 15.3. The van der Waals surface area contributed by atoms with Gasteiger partial charge in [0.05, 0.1) is 5.69 Å². The van der Waals surface area contributed by atoms with Crippen molar-refractivity contribution in [2.45, 2.75) is 53.2 Å². The number of hydrogen-bond acceptors (Lipinski definition) is 3. The summed E-state index contributed by atoms with van der Waals surface area (Å²) in [5.41, 5.74) is 4.96. The highest BCUT2D eigenvalue weighted by molar-refractivity contribution is 5.79. The van der Waals surface area contributed by atoms with E-state index >= 15 is 0 Å². The molecule has 1 unspecified atom stereocenters. The monoisotopic (exact) mass is 396 g/mol. The number of aliphatic imine (C=N–C) groups is 1. The van der Waals surface area contributed by atoms with Gasteiger partial charge >= 0.3 is 0 Å². The molecule has 0 spiro atoms. The first kappa shape index (κ1) is 21.4. The van der Waals surface area contributed by atoms with Crippen LogP contribution in [0.2, 0.25) is 0 Å². The van der Waals surface area contributed by atoms with Gasteiger partial charge in [-0.2, -0.15) is 5.10 Å². The van der Waals surface area contributed by atoms with E-state index in [-0.39, 0.29) is 0 Å². The van der Waals surface area contributed by atoms with E-state index in [0.717, 1.165) is 37.8 Å². The minimum Gasteiger partial charge on any atom is -0.356 e.